The highest BCUT2D eigenvalue weighted by Crippen LogP contribution is 2.20. The van der Waals surface area contributed by atoms with Crippen LogP contribution in [0.25, 0.3) is 0 Å². The van der Waals surface area contributed by atoms with Crippen LogP contribution in [0.2, 0.25) is 0 Å². The monoisotopic (exact) mass is 229 g/mol. The lowest BCUT2D eigenvalue weighted by atomic mass is 10.1. The standard InChI is InChI=1S/C11H13F2NO2/c1-6-3-10(13)8(4-9(6)12)7(2)14-5-11(15)16/h3-4,7,14H,5H2,1-2H3,(H,15,16). The first-order chi connectivity index (χ1) is 7.41. The van der Waals surface area contributed by atoms with Gasteiger partial charge in [0, 0.05) is 11.6 Å². The summed E-state index contributed by atoms with van der Waals surface area (Å²) in [6, 6.07) is 1.64. The summed E-state index contributed by atoms with van der Waals surface area (Å²) in [7, 11) is 0. The van der Waals surface area contributed by atoms with Gasteiger partial charge in [-0.15, -0.1) is 0 Å². The number of hydrogen-bond donors (Lipinski definition) is 2. The van der Waals surface area contributed by atoms with Gasteiger partial charge in [0.25, 0.3) is 0 Å². The Balaban J connectivity index is 2.86. The molecule has 0 bridgehead atoms. The molecular formula is C11H13F2NO2. The second kappa shape index (κ2) is 5.03. The highest BCUT2D eigenvalue weighted by molar-refractivity contribution is 5.69. The minimum Gasteiger partial charge on any atom is -0.480 e. The molecule has 1 aromatic rings. The van der Waals surface area contributed by atoms with Crippen LogP contribution in [-0.2, 0) is 4.79 Å². The lowest BCUT2D eigenvalue weighted by molar-refractivity contribution is -0.136. The first-order valence-corrected chi connectivity index (χ1v) is 4.82. The molecule has 0 aromatic heterocycles. The van der Waals surface area contributed by atoms with Crippen molar-refractivity contribution in [3.63, 3.8) is 0 Å². The Morgan fingerprint density at radius 3 is 2.62 bits per heavy atom. The number of aryl methyl sites for hydroxylation is 1. The number of hydrogen-bond acceptors (Lipinski definition) is 2. The summed E-state index contributed by atoms with van der Waals surface area (Å²) in [6.45, 7) is 2.75. The Kier molecular flexibility index (Phi) is 3.95. The van der Waals surface area contributed by atoms with Crippen molar-refractivity contribution in [2.75, 3.05) is 6.54 Å². The van der Waals surface area contributed by atoms with Crippen molar-refractivity contribution in [2.24, 2.45) is 0 Å². The summed E-state index contributed by atoms with van der Waals surface area (Å²) < 4.78 is 26.7. The fourth-order valence-electron chi connectivity index (χ4n) is 1.34. The Hall–Kier alpha value is -1.49. The molecule has 0 fully saturated rings. The smallest absolute Gasteiger partial charge is 0.317 e. The van der Waals surface area contributed by atoms with E-state index in [1.165, 1.54) is 6.92 Å². The van der Waals surface area contributed by atoms with Crippen molar-refractivity contribution >= 4 is 5.97 Å². The van der Waals surface area contributed by atoms with E-state index >= 15 is 0 Å². The van der Waals surface area contributed by atoms with Gasteiger partial charge < -0.3 is 10.4 Å². The molecule has 0 saturated heterocycles. The van der Waals surface area contributed by atoms with E-state index < -0.39 is 23.6 Å². The summed E-state index contributed by atoms with van der Waals surface area (Å²) in [5, 5.41) is 11.0. The summed E-state index contributed by atoms with van der Waals surface area (Å²) in [6.07, 6.45) is 0. The number of carboxylic acid groups (broad SMARTS) is 1. The molecule has 0 aliphatic carbocycles. The molecule has 0 heterocycles. The van der Waals surface area contributed by atoms with E-state index in [1.807, 2.05) is 0 Å². The molecule has 1 rings (SSSR count). The molecule has 5 heteroatoms. The zero-order valence-electron chi connectivity index (χ0n) is 9.05. The van der Waals surface area contributed by atoms with Gasteiger partial charge in [-0.25, -0.2) is 8.78 Å². The van der Waals surface area contributed by atoms with Gasteiger partial charge in [-0.2, -0.15) is 0 Å². The van der Waals surface area contributed by atoms with Gasteiger partial charge in [-0.1, -0.05) is 0 Å². The molecule has 0 aliphatic rings. The van der Waals surface area contributed by atoms with Crippen molar-refractivity contribution in [2.45, 2.75) is 19.9 Å². The van der Waals surface area contributed by atoms with Crippen LogP contribution in [0.3, 0.4) is 0 Å². The maximum Gasteiger partial charge on any atom is 0.317 e. The molecule has 0 amide bonds. The Labute approximate surface area is 92.1 Å². The molecule has 1 unspecified atom stereocenters. The van der Waals surface area contributed by atoms with Crippen LogP contribution in [0.1, 0.15) is 24.1 Å². The third-order valence-corrected chi connectivity index (χ3v) is 2.30. The number of halogens is 2. The molecular weight excluding hydrogens is 216 g/mol. The van der Waals surface area contributed by atoms with Crippen LogP contribution in [0.4, 0.5) is 8.78 Å². The fourth-order valence-corrected chi connectivity index (χ4v) is 1.34. The van der Waals surface area contributed by atoms with Crippen molar-refractivity contribution < 1.29 is 18.7 Å². The summed E-state index contributed by atoms with van der Waals surface area (Å²) in [5.41, 5.74) is 0.357. The van der Waals surface area contributed by atoms with Gasteiger partial charge in [0.05, 0.1) is 6.54 Å². The first kappa shape index (κ1) is 12.6. The molecule has 1 atom stereocenters. The predicted octanol–water partition coefficient (Wildman–Crippen LogP) is 2.01. The number of benzene rings is 1. The quantitative estimate of drug-likeness (QED) is 0.830. The first-order valence-electron chi connectivity index (χ1n) is 4.82. The van der Waals surface area contributed by atoms with E-state index in [1.54, 1.807) is 6.92 Å². The molecule has 16 heavy (non-hydrogen) atoms. The van der Waals surface area contributed by atoms with Gasteiger partial charge in [-0.05, 0) is 31.5 Å². The van der Waals surface area contributed by atoms with Gasteiger partial charge in [0.1, 0.15) is 11.6 Å². The SMILES string of the molecule is Cc1cc(F)c(C(C)NCC(=O)O)cc1F. The van der Waals surface area contributed by atoms with E-state index in [2.05, 4.69) is 5.32 Å². The Morgan fingerprint density at radius 1 is 1.44 bits per heavy atom. The van der Waals surface area contributed by atoms with Crippen molar-refractivity contribution in [1.82, 2.24) is 5.32 Å². The van der Waals surface area contributed by atoms with E-state index in [-0.39, 0.29) is 17.7 Å². The zero-order chi connectivity index (χ0) is 12.3. The molecule has 0 spiro atoms. The van der Waals surface area contributed by atoms with E-state index in [0.717, 1.165) is 12.1 Å². The van der Waals surface area contributed by atoms with Crippen LogP contribution in [-0.4, -0.2) is 17.6 Å². The van der Waals surface area contributed by atoms with Crippen molar-refractivity contribution in [1.29, 1.82) is 0 Å². The van der Waals surface area contributed by atoms with E-state index in [4.69, 9.17) is 5.11 Å². The summed E-state index contributed by atoms with van der Waals surface area (Å²) in [4.78, 5) is 10.3. The number of carboxylic acids is 1. The molecule has 0 radical (unpaired) electrons. The highest BCUT2D eigenvalue weighted by atomic mass is 19.1. The molecule has 0 saturated carbocycles. The summed E-state index contributed by atoms with van der Waals surface area (Å²) >= 11 is 0. The largest absolute Gasteiger partial charge is 0.480 e. The summed E-state index contributed by atoms with van der Waals surface area (Å²) in [5.74, 6) is -2.08. The maximum absolute atomic E-state index is 13.5. The van der Waals surface area contributed by atoms with Gasteiger partial charge in [0.2, 0.25) is 0 Å². The zero-order valence-corrected chi connectivity index (χ0v) is 9.05. The lowest BCUT2D eigenvalue weighted by Crippen LogP contribution is -2.26. The predicted molar refractivity (Wildman–Crippen MR) is 55.1 cm³/mol. The van der Waals surface area contributed by atoms with E-state index in [0.29, 0.717) is 0 Å². The van der Waals surface area contributed by atoms with Gasteiger partial charge in [-0.3, -0.25) is 4.79 Å². The minimum absolute atomic E-state index is 0.129. The van der Waals surface area contributed by atoms with Crippen molar-refractivity contribution in [3.8, 4) is 0 Å². The number of nitrogens with one attached hydrogen (secondary N) is 1. The van der Waals surface area contributed by atoms with E-state index in [9.17, 15) is 13.6 Å². The third-order valence-electron chi connectivity index (χ3n) is 2.30. The molecule has 3 nitrogen and oxygen atoms in total. The maximum atomic E-state index is 13.5. The van der Waals surface area contributed by atoms with Gasteiger partial charge in [0.15, 0.2) is 0 Å². The molecule has 2 N–H and O–H groups in total. The van der Waals surface area contributed by atoms with Crippen molar-refractivity contribution in [3.05, 3.63) is 34.9 Å². The molecule has 0 aliphatic heterocycles. The van der Waals surface area contributed by atoms with Crippen LogP contribution in [0, 0.1) is 18.6 Å². The van der Waals surface area contributed by atoms with Crippen LogP contribution >= 0.6 is 0 Å². The van der Waals surface area contributed by atoms with Gasteiger partial charge >= 0.3 is 5.97 Å². The normalized spacial score (nSPS) is 12.5. The third kappa shape index (κ3) is 3.00. The highest BCUT2D eigenvalue weighted by Gasteiger charge is 2.14. The average molecular weight is 229 g/mol. The van der Waals surface area contributed by atoms with Crippen LogP contribution in [0.5, 0.6) is 0 Å². The molecule has 88 valence electrons. The fraction of sp³-hybridized carbons (Fsp3) is 0.364. The lowest BCUT2D eigenvalue weighted by Gasteiger charge is -2.14. The number of rotatable bonds is 4. The molecule has 1 aromatic carbocycles. The minimum atomic E-state index is -1.04. The second-order valence-corrected chi connectivity index (χ2v) is 3.62. The number of carbonyl (C=O) groups is 1. The Morgan fingerprint density at radius 2 is 2.06 bits per heavy atom. The van der Waals surface area contributed by atoms with Crippen LogP contribution in [0.15, 0.2) is 12.1 Å². The average Bonchev–Trinajstić information content (AvgIpc) is 2.20. The second-order valence-electron chi connectivity index (χ2n) is 3.62. The Bertz CT molecular complexity index is 407. The number of aliphatic carboxylic acids is 1. The topological polar surface area (TPSA) is 49.3 Å². The van der Waals surface area contributed by atoms with Crippen LogP contribution < -0.4 is 5.32 Å².